The van der Waals surface area contributed by atoms with Crippen molar-refractivity contribution in [3.05, 3.63) is 58.9 Å². The Morgan fingerprint density at radius 2 is 2.15 bits per heavy atom. The van der Waals surface area contributed by atoms with Gasteiger partial charge in [-0.25, -0.2) is 4.79 Å². The van der Waals surface area contributed by atoms with Crippen LogP contribution in [0.4, 0.5) is 0 Å². The molecule has 1 aromatic heterocycles. The third-order valence-corrected chi connectivity index (χ3v) is 5.61. The zero-order valence-corrected chi connectivity index (χ0v) is 16.3. The van der Waals surface area contributed by atoms with Crippen molar-refractivity contribution in [2.45, 2.75) is 58.8 Å². The van der Waals surface area contributed by atoms with Crippen molar-refractivity contribution in [1.82, 2.24) is 0 Å². The first kappa shape index (κ1) is 18.5. The van der Waals surface area contributed by atoms with Gasteiger partial charge in [0.15, 0.2) is 0 Å². The second-order valence-electron chi connectivity index (χ2n) is 7.97. The molecule has 2 aromatic rings. The number of carbonyl (C=O) groups is 1. The minimum atomic E-state index is -0.899. The molecule has 0 radical (unpaired) electrons. The van der Waals surface area contributed by atoms with Gasteiger partial charge in [-0.3, -0.25) is 0 Å². The van der Waals surface area contributed by atoms with Crippen molar-refractivity contribution in [3.63, 3.8) is 0 Å². The van der Waals surface area contributed by atoms with Gasteiger partial charge in [0.1, 0.15) is 11.3 Å². The van der Waals surface area contributed by atoms with Crippen LogP contribution in [0, 0.1) is 5.92 Å². The normalized spacial score (nSPS) is 23.3. The minimum absolute atomic E-state index is 0.117. The number of hydrogen-bond donors (Lipinski definition) is 1. The van der Waals surface area contributed by atoms with Crippen molar-refractivity contribution >= 4 is 16.9 Å². The lowest BCUT2D eigenvalue weighted by Gasteiger charge is -2.12. The molecule has 3 heteroatoms. The molecule has 1 aromatic carbocycles. The summed E-state index contributed by atoms with van der Waals surface area (Å²) in [4.78, 5) is 10.7. The molecule has 3 rings (SSSR count). The summed E-state index contributed by atoms with van der Waals surface area (Å²) in [5.74, 6) is 1.08. The summed E-state index contributed by atoms with van der Waals surface area (Å²) in [6, 6.07) is 6.60. The number of fused-ring (bicyclic) bond motifs is 1. The molecule has 1 fully saturated rings. The molecule has 2 atom stereocenters. The lowest BCUT2D eigenvalue weighted by atomic mass is 9.91. The monoisotopic (exact) mass is 352 g/mol. The first-order chi connectivity index (χ1) is 12.3. The van der Waals surface area contributed by atoms with Gasteiger partial charge in [-0.1, -0.05) is 45.9 Å². The van der Waals surface area contributed by atoms with Gasteiger partial charge in [0.25, 0.3) is 0 Å². The average Bonchev–Trinajstić information content (AvgIpc) is 3.09. The molecule has 1 aliphatic carbocycles. The number of rotatable bonds is 6. The van der Waals surface area contributed by atoms with E-state index in [1.165, 1.54) is 22.6 Å². The third-order valence-electron chi connectivity index (χ3n) is 5.61. The number of aliphatic carboxylic acids is 1. The summed E-state index contributed by atoms with van der Waals surface area (Å²) in [7, 11) is 0. The van der Waals surface area contributed by atoms with Crippen LogP contribution in [-0.4, -0.2) is 11.1 Å². The van der Waals surface area contributed by atoms with Crippen LogP contribution >= 0.6 is 0 Å². The molecule has 0 bridgehead atoms. The predicted molar refractivity (Wildman–Crippen MR) is 106 cm³/mol. The van der Waals surface area contributed by atoms with Crippen molar-refractivity contribution in [2.75, 3.05) is 0 Å². The Morgan fingerprint density at radius 1 is 1.42 bits per heavy atom. The zero-order valence-electron chi connectivity index (χ0n) is 16.3. The molecule has 138 valence electrons. The van der Waals surface area contributed by atoms with E-state index >= 15 is 0 Å². The Balaban J connectivity index is 1.90. The first-order valence-corrected chi connectivity index (χ1v) is 9.41. The van der Waals surface area contributed by atoms with E-state index in [4.69, 9.17) is 9.52 Å². The van der Waals surface area contributed by atoms with Crippen LogP contribution in [0.2, 0.25) is 0 Å². The highest BCUT2D eigenvalue weighted by molar-refractivity contribution is 5.84. The SMILES string of the molecule is CCc1oc2ccc(C3(C)CC3/C=C/C(C)=C/C(=O)O)cc2c1C(C)C. The quantitative estimate of drug-likeness (QED) is 0.513. The molecular weight excluding hydrogens is 324 g/mol. The highest BCUT2D eigenvalue weighted by Gasteiger charge is 2.49. The van der Waals surface area contributed by atoms with Gasteiger partial charge in [-0.15, -0.1) is 0 Å². The summed E-state index contributed by atoms with van der Waals surface area (Å²) in [5.41, 5.74) is 4.54. The Labute approximate surface area is 155 Å². The van der Waals surface area contributed by atoms with Gasteiger partial charge >= 0.3 is 5.97 Å². The van der Waals surface area contributed by atoms with Crippen LogP contribution in [-0.2, 0) is 16.6 Å². The van der Waals surface area contributed by atoms with Gasteiger partial charge in [0, 0.05) is 23.4 Å². The molecule has 0 saturated heterocycles. The number of aryl methyl sites for hydroxylation is 1. The summed E-state index contributed by atoms with van der Waals surface area (Å²) in [6.07, 6.45) is 7.32. The maximum absolute atomic E-state index is 10.7. The molecule has 2 unspecified atom stereocenters. The van der Waals surface area contributed by atoms with Crippen molar-refractivity contribution in [3.8, 4) is 0 Å². The largest absolute Gasteiger partial charge is 0.478 e. The second kappa shape index (κ2) is 6.79. The first-order valence-electron chi connectivity index (χ1n) is 9.41. The van der Waals surface area contributed by atoms with Crippen LogP contribution in [0.1, 0.15) is 63.8 Å². The molecular formula is C23H28O3. The van der Waals surface area contributed by atoms with Crippen LogP contribution in [0.3, 0.4) is 0 Å². The fraction of sp³-hybridized carbons (Fsp3) is 0.435. The van der Waals surface area contributed by atoms with E-state index in [0.29, 0.717) is 11.8 Å². The molecule has 1 saturated carbocycles. The molecule has 1 N–H and O–H groups in total. The summed E-state index contributed by atoms with van der Waals surface area (Å²) >= 11 is 0. The van der Waals surface area contributed by atoms with E-state index in [9.17, 15) is 4.79 Å². The topological polar surface area (TPSA) is 50.4 Å². The number of hydrogen-bond acceptors (Lipinski definition) is 2. The van der Waals surface area contributed by atoms with E-state index < -0.39 is 5.97 Å². The lowest BCUT2D eigenvalue weighted by Crippen LogP contribution is -2.03. The smallest absolute Gasteiger partial charge is 0.328 e. The maximum Gasteiger partial charge on any atom is 0.328 e. The summed E-state index contributed by atoms with van der Waals surface area (Å²) < 4.78 is 6.06. The van der Waals surface area contributed by atoms with Gasteiger partial charge in [0.2, 0.25) is 0 Å². The van der Waals surface area contributed by atoms with Gasteiger partial charge in [0.05, 0.1) is 0 Å². The maximum atomic E-state index is 10.7. The Hall–Kier alpha value is -2.29. The molecule has 0 spiro atoms. The standard InChI is InChI=1S/C23H28O3/c1-6-19-22(14(2)3)18-12-16(9-10-20(18)26-19)23(5)13-17(23)8-7-15(4)11-21(24)25/h7-12,14,17H,6,13H2,1-5H3,(H,24,25)/b8-7+,15-11+. The van der Waals surface area contributed by atoms with E-state index in [1.54, 1.807) is 0 Å². The van der Waals surface area contributed by atoms with E-state index in [-0.39, 0.29) is 5.41 Å². The summed E-state index contributed by atoms with van der Waals surface area (Å²) in [6.45, 7) is 10.7. The number of benzene rings is 1. The predicted octanol–water partition coefficient (Wildman–Crippen LogP) is 5.98. The van der Waals surface area contributed by atoms with Gasteiger partial charge in [-0.05, 0) is 53.9 Å². The van der Waals surface area contributed by atoms with Crippen molar-refractivity contribution < 1.29 is 14.3 Å². The van der Waals surface area contributed by atoms with E-state index in [1.807, 2.05) is 13.0 Å². The van der Waals surface area contributed by atoms with E-state index in [2.05, 4.69) is 52.0 Å². The van der Waals surface area contributed by atoms with Crippen LogP contribution in [0.25, 0.3) is 11.0 Å². The molecule has 0 amide bonds. The molecule has 3 nitrogen and oxygen atoms in total. The Kier molecular flexibility index (Phi) is 4.83. The third kappa shape index (κ3) is 3.35. The van der Waals surface area contributed by atoms with Crippen molar-refractivity contribution in [1.29, 1.82) is 0 Å². The number of carboxylic acid groups (broad SMARTS) is 1. The Bertz CT molecular complexity index is 898. The molecule has 1 aliphatic rings. The number of furan rings is 1. The molecule has 1 heterocycles. The van der Waals surface area contributed by atoms with Gasteiger partial charge < -0.3 is 9.52 Å². The molecule has 0 aliphatic heterocycles. The zero-order chi connectivity index (χ0) is 19.1. The second-order valence-corrected chi connectivity index (χ2v) is 7.97. The number of carboxylic acids is 1. The van der Waals surface area contributed by atoms with Crippen LogP contribution in [0.5, 0.6) is 0 Å². The highest BCUT2D eigenvalue weighted by Crippen LogP contribution is 2.55. The Morgan fingerprint density at radius 3 is 2.77 bits per heavy atom. The minimum Gasteiger partial charge on any atom is -0.478 e. The average molecular weight is 352 g/mol. The molecule has 26 heavy (non-hydrogen) atoms. The van der Waals surface area contributed by atoms with Crippen LogP contribution < -0.4 is 0 Å². The number of allylic oxidation sites excluding steroid dienone is 3. The van der Waals surface area contributed by atoms with Crippen molar-refractivity contribution in [2.24, 2.45) is 5.92 Å². The van der Waals surface area contributed by atoms with Gasteiger partial charge in [-0.2, -0.15) is 0 Å². The fourth-order valence-electron chi connectivity index (χ4n) is 3.94. The van der Waals surface area contributed by atoms with E-state index in [0.717, 1.165) is 29.8 Å². The lowest BCUT2D eigenvalue weighted by molar-refractivity contribution is -0.131. The van der Waals surface area contributed by atoms with Crippen LogP contribution in [0.15, 0.2) is 46.4 Å². The highest BCUT2D eigenvalue weighted by atomic mass is 16.4. The summed E-state index contributed by atoms with van der Waals surface area (Å²) in [5, 5.41) is 10.1. The fourth-order valence-corrected chi connectivity index (χ4v) is 3.94.